The number of hydrogen-bond acceptors (Lipinski definition) is 6. The van der Waals surface area contributed by atoms with Crippen molar-refractivity contribution in [2.75, 3.05) is 0 Å². The summed E-state index contributed by atoms with van der Waals surface area (Å²) >= 11 is 0. The third kappa shape index (κ3) is 4.10. The van der Waals surface area contributed by atoms with E-state index in [4.69, 9.17) is 4.74 Å². The van der Waals surface area contributed by atoms with Gasteiger partial charge in [0.1, 0.15) is 22.2 Å². The van der Waals surface area contributed by atoms with Gasteiger partial charge in [0.15, 0.2) is 0 Å². The number of rotatable bonds is 5. The molecular formula is C14H17NaO6S. The van der Waals surface area contributed by atoms with Gasteiger partial charge in [0.2, 0.25) is 0 Å². The Hall–Kier alpha value is -0.440. The maximum atomic E-state index is 12.0. The predicted octanol–water partition coefficient (Wildman–Crippen LogP) is -2.13. The van der Waals surface area contributed by atoms with Crippen molar-refractivity contribution in [1.29, 1.82) is 0 Å². The summed E-state index contributed by atoms with van der Waals surface area (Å²) in [6, 6.07) is 9.03. The standard InChI is InChI=1S/C14H18O6S.Na/c1-14(2)10(11(14)13(16)21(17,18)19)12(15)20-8-9-6-4-3-5-7-9;/h3-7,10-11,13,16H,8H2,1-2H3,(H,17,18,19);/q;+1/p-1. The molecule has 1 fully saturated rings. The van der Waals surface area contributed by atoms with Gasteiger partial charge in [0.05, 0.1) is 5.92 Å². The maximum absolute atomic E-state index is 12.0. The summed E-state index contributed by atoms with van der Waals surface area (Å²) in [5, 5.41) is 9.56. The van der Waals surface area contributed by atoms with Crippen LogP contribution in [0.15, 0.2) is 30.3 Å². The molecule has 1 aromatic rings. The minimum atomic E-state index is -4.85. The second-order valence-electron chi connectivity index (χ2n) is 5.80. The van der Waals surface area contributed by atoms with E-state index in [9.17, 15) is 22.9 Å². The SMILES string of the molecule is CC1(C)C(C(=O)OCc2ccccc2)C1C(O)S(=O)(=O)[O-].[Na+]. The molecule has 3 atom stereocenters. The zero-order valence-electron chi connectivity index (χ0n) is 12.7. The summed E-state index contributed by atoms with van der Waals surface area (Å²) in [5.74, 6) is -2.32. The zero-order valence-corrected chi connectivity index (χ0v) is 15.5. The molecule has 0 spiro atoms. The van der Waals surface area contributed by atoms with Crippen molar-refractivity contribution in [2.24, 2.45) is 17.3 Å². The number of hydrogen-bond donors (Lipinski definition) is 1. The minimum absolute atomic E-state index is 0. The molecule has 6 nitrogen and oxygen atoms in total. The Bertz CT molecular complexity index is 628. The Balaban J connectivity index is 0.00000242. The molecule has 1 aliphatic rings. The first-order chi connectivity index (χ1) is 9.65. The summed E-state index contributed by atoms with van der Waals surface area (Å²) in [7, 11) is -4.85. The van der Waals surface area contributed by atoms with Crippen molar-refractivity contribution in [3.05, 3.63) is 35.9 Å². The third-order valence-electron chi connectivity index (χ3n) is 3.99. The van der Waals surface area contributed by atoms with E-state index in [-0.39, 0.29) is 36.2 Å². The Kier molecular flexibility index (Phi) is 6.22. The van der Waals surface area contributed by atoms with Gasteiger partial charge in [0, 0.05) is 5.92 Å². The van der Waals surface area contributed by atoms with Gasteiger partial charge in [-0.3, -0.25) is 4.79 Å². The molecular weight excluding hydrogens is 319 g/mol. The first-order valence-corrected chi connectivity index (χ1v) is 7.96. The van der Waals surface area contributed by atoms with Crippen LogP contribution in [0.4, 0.5) is 0 Å². The van der Waals surface area contributed by atoms with Crippen molar-refractivity contribution < 1.29 is 57.2 Å². The predicted molar refractivity (Wildman–Crippen MR) is 72.7 cm³/mol. The van der Waals surface area contributed by atoms with E-state index in [0.717, 1.165) is 5.56 Å². The molecule has 0 radical (unpaired) electrons. The zero-order chi connectivity index (χ0) is 15.8. The molecule has 0 heterocycles. The third-order valence-corrected chi connectivity index (χ3v) is 4.88. The van der Waals surface area contributed by atoms with E-state index in [2.05, 4.69) is 0 Å². The first-order valence-electron chi connectivity index (χ1n) is 6.49. The van der Waals surface area contributed by atoms with Crippen LogP contribution in [-0.4, -0.2) is 29.5 Å². The molecule has 2 rings (SSSR count). The van der Waals surface area contributed by atoms with Crippen LogP contribution in [-0.2, 0) is 26.3 Å². The number of benzene rings is 1. The Morgan fingerprint density at radius 2 is 1.91 bits per heavy atom. The second-order valence-corrected chi connectivity index (χ2v) is 7.27. The number of aliphatic hydroxyl groups is 1. The molecule has 1 aromatic carbocycles. The largest absolute Gasteiger partial charge is 1.00 e. The fourth-order valence-corrected chi connectivity index (χ4v) is 3.53. The molecule has 0 bridgehead atoms. The summed E-state index contributed by atoms with van der Waals surface area (Å²) in [4.78, 5) is 12.0. The fraction of sp³-hybridized carbons (Fsp3) is 0.500. The van der Waals surface area contributed by atoms with Crippen LogP contribution in [0.1, 0.15) is 19.4 Å². The number of ether oxygens (including phenoxy) is 1. The molecule has 0 saturated heterocycles. The van der Waals surface area contributed by atoms with Crippen LogP contribution in [0.3, 0.4) is 0 Å². The number of carbonyl (C=O) groups excluding carboxylic acids is 1. The number of carbonyl (C=O) groups is 1. The quantitative estimate of drug-likeness (QED) is 0.374. The average molecular weight is 336 g/mol. The van der Waals surface area contributed by atoms with Gasteiger partial charge in [-0.05, 0) is 11.0 Å². The summed E-state index contributed by atoms with van der Waals surface area (Å²) in [5.41, 5.74) is -2.05. The van der Waals surface area contributed by atoms with Gasteiger partial charge >= 0.3 is 35.5 Å². The van der Waals surface area contributed by atoms with Crippen LogP contribution >= 0.6 is 0 Å². The van der Waals surface area contributed by atoms with E-state index in [1.165, 1.54) is 0 Å². The Morgan fingerprint density at radius 3 is 2.41 bits per heavy atom. The van der Waals surface area contributed by atoms with Crippen molar-refractivity contribution in [2.45, 2.75) is 25.9 Å². The molecule has 0 aromatic heterocycles. The summed E-state index contributed by atoms with van der Waals surface area (Å²) in [6.07, 6.45) is 0. The average Bonchev–Trinajstić information content (AvgIpc) is 2.98. The van der Waals surface area contributed by atoms with E-state index < -0.39 is 38.8 Å². The van der Waals surface area contributed by atoms with Gasteiger partial charge in [-0.1, -0.05) is 44.2 Å². The van der Waals surface area contributed by atoms with E-state index in [1.54, 1.807) is 38.1 Å². The fourth-order valence-electron chi connectivity index (χ4n) is 2.66. The molecule has 22 heavy (non-hydrogen) atoms. The van der Waals surface area contributed by atoms with Crippen molar-refractivity contribution >= 4 is 16.1 Å². The number of esters is 1. The minimum Gasteiger partial charge on any atom is -0.746 e. The topological polar surface area (TPSA) is 104 Å². The van der Waals surface area contributed by atoms with Gasteiger partial charge in [-0.2, -0.15) is 0 Å². The Morgan fingerprint density at radius 1 is 1.36 bits per heavy atom. The van der Waals surface area contributed by atoms with Gasteiger partial charge in [0.25, 0.3) is 0 Å². The molecule has 1 saturated carbocycles. The van der Waals surface area contributed by atoms with Crippen LogP contribution in [0.25, 0.3) is 0 Å². The normalized spacial score (nSPS) is 24.0. The van der Waals surface area contributed by atoms with Crippen molar-refractivity contribution in [1.82, 2.24) is 0 Å². The van der Waals surface area contributed by atoms with Crippen molar-refractivity contribution in [3.8, 4) is 0 Å². The molecule has 0 amide bonds. The smallest absolute Gasteiger partial charge is 0.746 e. The molecule has 8 heteroatoms. The van der Waals surface area contributed by atoms with Gasteiger partial charge < -0.3 is 14.4 Å². The molecule has 3 unspecified atom stereocenters. The van der Waals surface area contributed by atoms with Gasteiger partial charge in [-0.25, -0.2) is 8.42 Å². The molecule has 1 N–H and O–H groups in total. The van der Waals surface area contributed by atoms with Crippen LogP contribution in [0.2, 0.25) is 0 Å². The first kappa shape index (κ1) is 19.6. The van der Waals surface area contributed by atoms with Crippen LogP contribution < -0.4 is 29.6 Å². The van der Waals surface area contributed by atoms with E-state index in [1.807, 2.05) is 6.07 Å². The number of aliphatic hydroxyl groups excluding tert-OH is 1. The van der Waals surface area contributed by atoms with Crippen molar-refractivity contribution in [3.63, 3.8) is 0 Å². The Labute approximate surface area is 151 Å². The van der Waals surface area contributed by atoms with Crippen LogP contribution in [0, 0.1) is 17.3 Å². The van der Waals surface area contributed by atoms with E-state index in [0.29, 0.717) is 0 Å². The molecule has 1 aliphatic carbocycles. The monoisotopic (exact) mass is 336 g/mol. The van der Waals surface area contributed by atoms with E-state index >= 15 is 0 Å². The van der Waals surface area contributed by atoms with Crippen LogP contribution in [0.5, 0.6) is 0 Å². The molecule has 0 aliphatic heterocycles. The summed E-state index contributed by atoms with van der Waals surface area (Å²) in [6.45, 7) is 3.32. The summed E-state index contributed by atoms with van der Waals surface area (Å²) < 4.78 is 37.8. The maximum Gasteiger partial charge on any atom is 1.00 e. The second kappa shape index (κ2) is 6.98. The van der Waals surface area contributed by atoms with Gasteiger partial charge in [-0.15, -0.1) is 0 Å². The molecule has 116 valence electrons.